The van der Waals surface area contributed by atoms with Gasteiger partial charge in [-0.25, -0.2) is 0 Å². The van der Waals surface area contributed by atoms with Crippen molar-refractivity contribution >= 4 is 23.2 Å². The molecule has 0 saturated carbocycles. The van der Waals surface area contributed by atoms with Gasteiger partial charge in [0.25, 0.3) is 0 Å². The smallest absolute Gasteiger partial charge is 0.240 e. The summed E-state index contributed by atoms with van der Waals surface area (Å²) in [5.41, 5.74) is 12.8. The minimum Gasteiger partial charge on any atom is -0.368 e. The van der Waals surface area contributed by atoms with Gasteiger partial charge in [0.15, 0.2) is 0 Å². The second-order valence-electron chi connectivity index (χ2n) is 4.24. The van der Waals surface area contributed by atoms with Gasteiger partial charge in [-0.05, 0) is 30.5 Å². The van der Waals surface area contributed by atoms with E-state index in [1.165, 1.54) is 0 Å². The maximum atomic E-state index is 11.3. The molecular formula is C12H16ClN3O. The molecule has 1 saturated heterocycles. The molecule has 0 radical (unpaired) electrons. The molecule has 0 aromatic heterocycles. The molecule has 1 aliphatic heterocycles. The van der Waals surface area contributed by atoms with Gasteiger partial charge in [-0.3, -0.25) is 4.79 Å². The van der Waals surface area contributed by atoms with E-state index in [0.717, 1.165) is 30.6 Å². The van der Waals surface area contributed by atoms with E-state index in [9.17, 15) is 4.79 Å². The summed E-state index contributed by atoms with van der Waals surface area (Å²) in [5.74, 6) is -0.290. The van der Waals surface area contributed by atoms with Gasteiger partial charge < -0.3 is 16.4 Å². The van der Waals surface area contributed by atoms with Crippen molar-refractivity contribution in [3.63, 3.8) is 0 Å². The zero-order chi connectivity index (χ0) is 12.4. The standard InChI is InChI=1S/C12H16ClN3O/c13-9-6-8(7-14)3-4-10(9)16-5-1-2-11(16)12(15)17/h3-4,6,11H,1-2,5,7,14H2,(H2,15,17). The number of carbonyl (C=O) groups is 1. The Labute approximate surface area is 106 Å². The van der Waals surface area contributed by atoms with Crippen LogP contribution in [0.15, 0.2) is 18.2 Å². The predicted molar refractivity (Wildman–Crippen MR) is 68.9 cm³/mol. The van der Waals surface area contributed by atoms with Crippen molar-refractivity contribution in [1.82, 2.24) is 0 Å². The van der Waals surface area contributed by atoms with Crippen molar-refractivity contribution < 1.29 is 4.79 Å². The van der Waals surface area contributed by atoms with Crippen LogP contribution in [0.3, 0.4) is 0 Å². The van der Waals surface area contributed by atoms with E-state index in [4.69, 9.17) is 23.1 Å². The van der Waals surface area contributed by atoms with Crippen molar-refractivity contribution in [1.29, 1.82) is 0 Å². The molecule has 0 spiro atoms. The fourth-order valence-corrected chi connectivity index (χ4v) is 2.57. The van der Waals surface area contributed by atoms with Gasteiger partial charge in [0.2, 0.25) is 5.91 Å². The van der Waals surface area contributed by atoms with Crippen molar-refractivity contribution in [2.75, 3.05) is 11.4 Å². The van der Waals surface area contributed by atoms with Gasteiger partial charge in [-0.1, -0.05) is 17.7 Å². The number of primary amides is 1. The molecule has 1 aliphatic rings. The zero-order valence-electron chi connectivity index (χ0n) is 9.53. The van der Waals surface area contributed by atoms with Gasteiger partial charge in [0.1, 0.15) is 6.04 Å². The van der Waals surface area contributed by atoms with Crippen LogP contribution in [0.4, 0.5) is 5.69 Å². The van der Waals surface area contributed by atoms with Gasteiger partial charge in [-0.15, -0.1) is 0 Å². The number of benzene rings is 1. The third-order valence-corrected chi connectivity index (χ3v) is 3.44. The fourth-order valence-electron chi connectivity index (χ4n) is 2.26. The Hall–Kier alpha value is -1.26. The molecule has 5 heteroatoms. The third kappa shape index (κ3) is 2.37. The van der Waals surface area contributed by atoms with Crippen molar-refractivity contribution in [2.45, 2.75) is 25.4 Å². The van der Waals surface area contributed by atoms with Crippen LogP contribution in [0.2, 0.25) is 5.02 Å². The van der Waals surface area contributed by atoms with Crippen LogP contribution in [0, 0.1) is 0 Å². The van der Waals surface area contributed by atoms with Crippen LogP contribution >= 0.6 is 11.6 Å². The highest BCUT2D eigenvalue weighted by atomic mass is 35.5. The number of amides is 1. The quantitative estimate of drug-likeness (QED) is 0.852. The van der Waals surface area contributed by atoms with E-state index in [1.807, 2.05) is 23.1 Å². The summed E-state index contributed by atoms with van der Waals surface area (Å²) in [7, 11) is 0. The number of anilines is 1. The summed E-state index contributed by atoms with van der Waals surface area (Å²) in [6.45, 7) is 1.27. The second-order valence-corrected chi connectivity index (χ2v) is 4.65. The van der Waals surface area contributed by atoms with E-state index in [-0.39, 0.29) is 11.9 Å². The third-order valence-electron chi connectivity index (χ3n) is 3.14. The van der Waals surface area contributed by atoms with Crippen LogP contribution < -0.4 is 16.4 Å². The molecule has 0 bridgehead atoms. The molecule has 17 heavy (non-hydrogen) atoms. The highest BCUT2D eigenvalue weighted by molar-refractivity contribution is 6.33. The summed E-state index contributed by atoms with van der Waals surface area (Å²) >= 11 is 6.21. The molecule has 0 aliphatic carbocycles. The van der Waals surface area contributed by atoms with Crippen molar-refractivity contribution in [3.8, 4) is 0 Å². The summed E-state index contributed by atoms with van der Waals surface area (Å²) in [5, 5.41) is 0.626. The fraction of sp³-hybridized carbons (Fsp3) is 0.417. The van der Waals surface area contributed by atoms with Crippen LogP contribution in [-0.4, -0.2) is 18.5 Å². The maximum Gasteiger partial charge on any atom is 0.240 e. The number of rotatable bonds is 3. The molecule has 2 rings (SSSR count). The number of nitrogens with zero attached hydrogens (tertiary/aromatic N) is 1. The van der Waals surface area contributed by atoms with Crippen molar-refractivity contribution in [2.24, 2.45) is 11.5 Å². The molecule has 4 N–H and O–H groups in total. The van der Waals surface area contributed by atoms with E-state index < -0.39 is 0 Å². The average Bonchev–Trinajstić information content (AvgIpc) is 2.77. The summed E-state index contributed by atoms with van der Waals surface area (Å²) in [6.07, 6.45) is 1.76. The number of hydrogen-bond donors (Lipinski definition) is 2. The average molecular weight is 254 g/mol. The monoisotopic (exact) mass is 253 g/mol. The minimum atomic E-state index is -0.290. The highest BCUT2D eigenvalue weighted by Crippen LogP contribution is 2.32. The van der Waals surface area contributed by atoms with E-state index >= 15 is 0 Å². The number of hydrogen-bond acceptors (Lipinski definition) is 3. The number of carbonyl (C=O) groups excluding carboxylic acids is 1. The van der Waals surface area contributed by atoms with Gasteiger partial charge in [0.05, 0.1) is 10.7 Å². The van der Waals surface area contributed by atoms with E-state index in [1.54, 1.807) is 0 Å². The number of halogens is 1. The van der Waals surface area contributed by atoms with Crippen molar-refractivity contribution in [3.05, 3.63) is 28.8 Å². The lowest BCUT2D eigenvalue weighted by molar-refractivity contribution is -0.119. The molecule has 1 unspecified atom stereocenters. The molecule has 1 aromatic carbocycles. The normalized spacial score (nSPS) is 19.6. The Morgan fingerprint density at radius 3 is 2.88 bits per heavy atom. The Kier molecular flexibility index (Phi) is 3.54. The molecule has 1 heterocycles. The van der Waals surface area contributed by atoms with Gasteiger partial charge in [0, 0.05) is 13.1 Å². The molecule has 1 aromatic rings. The summed E-state index contributed by atoms with van der Waals surface area (Å²) in [4.78, 5) is 13.3. The van der Waals surface area contributed by atoms with Gasteiger partial charge >= 0.3 is 0 Å². The summed E-state index contributed by atoms with van der Waals surface area (Å²) < 4.78 is 0. The highest BCUT2D eigenvalue weighted by Gasteiger charge is 2.30. The maximum absolute atomic E-state index is 11.3. The Morgan fingerprint density at radius 2 is 2.29 bits per heavy atom. The van der Waals surface area contributed by atoms with E-state index in [2.05, 4.69) is 0 Å². The second kappa shape index (κ2) is 4.94. The van der Waals surface area contributed by atoms with Crippen LogP contribution in [0.1, 0.15) is 18.4 Å². The lowest BCUT2D eigenvalue weighted by Gasteiger charge is -2.25. The lowest BCUT2D eigenvalue weighted by atomic mass is 10.1. The molecule has 92 valence electrons. The molecule has 1 fully saturated rings. The Morgan fingerprint density at radius 1 is 1.53 bits per heavy atom. The zero-order valence-corrected chi connectivity index (χ0v) is 10.3. The Bertz CT molecular complexity index is 436. The van der Waals surface area contributed by atoms with Gasteiger partial charge in [-0.2, -0.15) is 0 Å². The molecule has 4 nitrogen and oxygen atoms in total. The first-order valence-electron chi connectivity index (χ1n) is 5.68. The first-order chi connectivity index (χ1) is 8.13. The predicted octanol–water partition coefficient (Wildman–Crippen LogP) is 1.25. The SMILES string of the molecule is NCc1ccc(N2CCCC2C(N)=O)c(Cl)c1. The lowest BCUT2D eigenvalue weighted by Crippen LogP contribution is -2.40. The summed E-state index contributed by atoms with van der Waals surface area (Å²) in [6, 6.07) is 5.44. The van der Waals surface area contributed by atoms with E-state index in [0.29, 0.717) is 11.6 Å². The molecular weight excluding hydrogens is 238 g/mol. The first-order valence-corrected chi connectivity index (χ1v) is 6.05. The molecule has 1 atom stereocenters. The van der Waals surface area contributed by atoms with Crippen LogP contribution in [0.5, 0.6) is 0 Å². The molecule has 1 amide bonds. The first kappa shape index (κ1) is 12.2. The largest absolute Gasteiger partial charge is 0.368 e. The minimum absolute atomic E-state index is 0.240. The Balaban J connectivity index is 2.30. The van der Waals surface area contributed by atoms with Crippen LogP contribution in [0.25, 0.3) is 0 Å². The van der Waals surface area contributed by atoms with Crippen LogP contribution in [-0.2, 0) is 11.3 Å². The number of nitrogens with two attached hydrogens (primary N) is 2. The topological polar surface area (TPSA) is 72.3 Å².